The van der Waals surface area contributed by atoms with Gasteiger partial charge in [0.1, 0.15) is 5.82 Å². The van der Waals surface area contributed by atoms with Gasteiger partial charge in [-0.3, -0.25) is 0 Å². The fraction of sp³-hybridized carbons (Fsp3) is 0.500. The van der Waals surface area contributed by atoms with Gasteiger partial charge in [-0.1, -0.05) is 13.0 Å². The Morgan fingerprint density at radius 2 is 2.20 bits per heavy atom. The predicted molar refractivity (Wildman–Crippen MR) is 60.7 cm³/mol. The number of nitrogens with one attached hydrogen (secondary N) is 1. The van der Waals surface area contributed by atoms with Gasteiger partial charge in [0, 0.05) is 24.9 Å². The first-order valence-electron chi connectivity index (χ1n) is 5.13. The molecule has 1 unspecified atom stereocenters. The van der Waals surface area contributed by atoms with E-state index in [9.17, 15) is 4.39 Å². The number of ether oxygens (including phenoxy) is 1. The van der Waals surface area contributed by atoms with E-state index in [-0.39, 0.29) is 5.82 Å². The normalized spacial score (nSPS) is 12.5. The predicted octanol–water partition coefficient (Wildman–Crippen LogP) is 2.83. The molecule has 1 rings (SSSR count). The smallest absolute Gasteiger partial charge is 0.128 e. The number of halogens is 1. The van der Waals surface area contributed by atoms with Gasteiger partial charge in [0.05, 0.1) is 6.61 Å². The summed E-state index contributed by atoms with van der Waals surface area (Å²) in [6.07, 6.45) is 0. The van der Waals surface area contributed by atoms with E-state index in [0.717, 1.165) is 12.2 Å². The molecule has 1 N–H and O–H groups in total. The second-order valence-corrected chi connectivity index (χ2v) is 3.85. The molecule has 0 amide bonds. The van der Waals surface area contributed by atoms with Gasteiger partial charge in [0.15, 0.2) is 0 Å². The summed E-state index contributed by atoms with van der Waals surface area (Å²) in [4.78, 5) is 0. The number of rotatable bonds is 5. The van der Waals surface area contributed by atoms with Crippen LogP contribution in [0.1, 0.15) is 12.5 Å². The topological polar surface area (TPSA) is 21.3 Å². The molecule has 0 bridgehead atoms. The van der Waals surface area contributed by atoms with E-state index in [1.165, 1.54) is 6.07 Å². The van der Waals surface area contributed by atoms with E-state index >= 15 is 0 Å². The summed E-state index contributed by atoms with van der Waals surface area (Å²) in [5.41, 5.74) is 1.53. The molecule has 0 spiro atoms. The molecule has 0 heterocycles. The second kappa shape index (κ2) is 5.71. The van der Waals surface area contributed by atoms with Crippen LogP contribution in [-0.2, 0) is 4.74 Å². The van der Waals surface area contributed by atoms with Crippen LogP contribution in [0.3, 0.4) is 0 Å². The van der Waals surface area contributed by atoms with E-state index in [0.29, 0.717) is 18.1 Å². The van der Waals surface area contributed by atoms with Gasteiger partial charge in [0.2, 0.25) is 0 Å². The Kier molecular flexibility index (Phi) is 4.56. The van der Waals surface area contributed by atoms with Gasteiger partial charge >= 0.3 is 0 Å². The van der Waals surface area contributed by atoms with E-state index < -0.39 is 0 Å². The summed E-state index contributed by atoms with van der Waals surface area (Å²) in [7, 11) is 1.68. The molecule has 84 valence electrons. The van der Waals surface area contributed by atoms with Crippen molar-refractivity contribution in [1.82, 2.24) is 0 Å². The minimum Gasteiger partial charge on any atom is -0.384 e. The Morgan fingerprint density at radius 3 is 2.87 bits per heavy atom. The van der Waals surface area contributed by atoms with Crippen LogP contribution >= 0.6 is 0 Å². The summed E-state index contributed by atoms with van der Waals surface area (Å²) in [5.74, 6) is 0.247. The molecular formula is C12H18FNO. The zero-order valence-corrected chi connectivity index (χ0v) is 9.51. The third kappa shape index (κ3) is 3.51. The number of anilines is 1. The number of benzene rings is 1. The highest BCUT2D eigenvalue weighted by Gasteiger charge is 2.05. The van der Waals surface area contributed by atoms with Gasteiger partial charge in [-0.15, -0.1) is 0 Å². The van der Waals surface area contributed by atoms with E-state index in [1.54, 1.807) is 20.1 Å². The van der Waals surface area contributed by atoms with E-state index in [1.807, 2.05) is 6.07 Å². The number of hydrogen-bond donors (Lipinski definition) is 1. The largest absolute Gasteiger partial charge is 0.384 e. The number of methoxy groups -OCH3 is 1. The number of hydrogen-bond acceptors (Lipinski definition) is 2. The lowest BCUT2D eigenvalue weighted by Gasteiger charge is -2.14. The molecule has 0 fully saturated rings. The molecule has 1 aromatic carbocycles. The molecule has 0 aromatic heterocycles. The Morgan fingerprint density at radius 1 is 1.47 bits per heavy atom. The Balaban J connectivity index is 2.54. The van der Waals surface area contributed by atoms with Crippen LogP contribution in [-0.4, -0.2) is 20.3 Å². The van der Waals surface area contributed by atoms with Crippen LogP contribution in [0.15, 0.2) is 18.2 Å². The van der Waals surface area contributed by atoms with Crippen molar-refractivity contribution in [3.05, 3.63) is 29.6 Å². The van der Waals surface area contributed by atoms with E-state index in [2.05, 4.69) is 12.2 Å². The minimum atomic E-state index is -0.167. The maximum atomic E-state index is 13.2. The van der Waals surface area contributed by atoms with Crippen molar-refractivity contribution in [2.75, 3.05) is 25.6 Å². The summed E-state index contributed by atoms with van der Waals surface area (Å²) in [5, 5.41) is 3.22. The lowest BCUT2D eigenvalue weighted by Crippen LogP contribution is -2.16. The molecule has 0 saturated heterocycles. The zero-order chi connectivity index (χ0) is 11.3. The van der Waals surface area contributed by atoms with Crippen molar-refractivity contribution in [2.24, 2.45) is 5.92 Å². The molecule has 0 saturated carbocycles. The second-order valence-electron chi connectivity index (χ2n) is 3.85. The lowest BCUT2D eigenvalue weighted by atomic mass is 10.1. The molecule has 0 radical (unpaired) electrons. The highest BCUT2D eigenvalue weighted by molar-refractivity contribution is 5.50. The molecule has 1 aromatic rings. The van der Waals surface area contributed by atoms with E-state index in [4.69, 9.17) is 4.74 Å². The summed E-state index contributed by atoms with van der Waals surface area (Å²) in [6, 6.07) is 5.07. The Labute approximate surface area is 90.4 Å². The van der Waals surface area contributed by atoms with Crippen LogP contribution in [0.2, 0.25) is 0 Å². The van der Waals surface area contributed by atoms with Crippen LogP contribution in [0.5, 0.6) is 0 Å². The third-order valence-corrected chi connectivity index (χ3v) is 2.36. The van der Waals surface area contributed by atoms with Gasteiger partial charge in [-0.25, -0.2) is 4.39 Å². The van der Waals surface area contributed by atoms with Crippen molar-refractivity contribution in [2.45, 2.75) is 13.8 Å². The third-order valence-electron chi connectivity index (χ3n) is 2.36. The summed E-state index contributed by atoms with van der Waals surface area (Å²) < 4.78 is 18.2. The average molecular weight is 211 g/mol. The lowest BCUT2D eigenvalue weighted by molar-refractivity contribution is 0.164. The minimum absolute atomic E-state index is 0.167. The maximum absolute atomic E-state index is 13.2. The SMILES string of the molecule is COCC(C)CNc1cccc(F)c1C. The van der Waals surface area contributed by atoms with Gasteiger partial charge in [0.25, 0.3) is 0 Å². The van der Waals surface area contributed by atoms with Gasteiger partial charge in [-0.05, 0) is 25.0 Å². The fourth-order valence-corrected chi connectivity index (χ4v) is 1.43. The Hall–Kier alpha value is -1.09. The van der Waals surface area contributed by atoms with Crippen molar-refractivity contribution in [1.29, 1.82) is 0 Å². The molecular weight excluding hydrogens is 193 g/mol. The molecule has 2 nitrogen and oxygen atoms in total. The van der Waals surface area contributed by atoms with Crippen molar-refractivity contribution >= 4 is 5.69 Å². The molecule has 0 aliphatic carbocycles. The molecule has 3 heteroatoms. The fourth-order valence-electron chi connectivity index (χ4n) is 1.43. The molecule has 1 atom stereocenters. The molecule has 15 heavy (non-hydrogen) atoms. The van der Waals surface area contributed by atoms with Crippen LogP contribution < -0.4 is 5.32 Å². The van der Waals surface area contributed by atoms with Crippen molar-refractivity contribution < 1.29 is 9.13 Å². The average Bonchev–Trinajstić information content (AvgIpc) is 2.21. The molecule has 0 aliphatic heterocycles. The van der Waals surface area contributed by atoms with Crippen LogP contribution in [0, 0.1) is 18.7 Å². The van der Waals surface area contributed by atoms with Crippen LogP contribution in [0.4, 0.5) is 10.1 Å². The van der Waals surface area contributed by atoms with Crippen LogP contribution in [0.25, 0.3) is 0 Å². The first kappa shape index (κ1) is 12.0. The maximum Gasteiger partial charge on any atom is 0.128 e. The Bertz CT molecular complexity index is 314. The standard InChI is InChI=1S/C12H18FNO/c1-9(8-15-3)7-14-12-6-4-5-11(13)10(12)2/h4-6,9,14H,7-8H2,1-3H3. The summed E-state index contributed by atoms with van der Waals surface area (Å²) >= 11 is 0. The van der Waals surface area contributed by atoms with Crippen molar-refractivity contribution in [3.63, 3.8) is 0 Å². The quantitative estimate of drug-likeness (QED) is 0.808. The monoisotopic (exact) mass is 211 g/mol. The summed E-state index contributed by atoms with van der Waals surface area (Å²) in [6.45, 7) is 5.36. The van der Waals surface area contributed by atoms with Gasteiger partial charge < -0.3 is 10.1 Å². The molecule has 0 aliphatic rings. The van der Waals surface area contributed by atoms with Gasteiger partial charge in [-0.2, -0.15) is 0 Å². The first-order chi connectivity index (χ1) is 7.15. The zero-order valence-electron chi connectivity index (χ0n) is 9.51. The highest BCUT2D eigenvalue weighted by atomic mass is 19.1. The highest BCUT2D eigenvalue weighted by Crippen LogP contribution is 2.17. The van der Waals surface area contributed by atoms with Crippen molar-refractivity contribution in [3.8, 4) is 0 Å². The first-order valence-corrected chi connectivity index (χ1v) is 5.13.